The van der Waals surface area contributed by atoms with Crippen molar-refractivity contribution in [1.82, 2.24) is 0 Å². The summed E-state index contributed by atoms with van der Waals surface area (Å²) in [5, 5.41) is 2.72. The fourth-order valence-corrected chi connectivity index (χ4v) is 3.39. The van der Waals surface area contributed by atoms with Crippen LogP contribution < -0.4 is 15.1 Å². The Balaban J connectivity index is 1.68. The van der Waals surface area contributed by atoms with Crippen LogP contribution in [0.2, 0.25) is 0 Å². The molecule has 1 heterocycles. The van der Waals surface area contributed by atoms with Gasteiger partial charge in [-0.1, -0.05) is 6.07 Å². The van der Waals surface area contributed by atoms with Gasteiger partial charge in [0.25, 0.3) is 0 Å². The van der Waals surface area contributed by atoms with Gasteiger partial charge in [0.05, 0.1) is 12.7 Å². The molecule has 0 unspecified atom stereocenters. The number of carbonyl (C=O) groups excluding carboxylic acids is 3. The van der Waals surface area contributed by atoms with Crippen molar-refractivity contribution in [2.75, 3.05) is 41.9 Å². The minimum Gasteiger partial charge on any atom is -0.465 e. The summed E-state index contributed by atoms with van der Waals surface area (Å²) >= 11 is 0. The number of benzene rings is 2. The molecule has 1 N–H and O–H groups in total. The summed E-state index contributed by atoms with van der Waals surface area (Å²) in [4.78, 5) is 40.0. The first kappa shape index (κ1) is 20.4. The molecule has 2 amide bonds. The SMILES string of the molecule is COC(=O)c1cccc(NC(=O)CN(C(C)=O)c2ccc(N3CCCC3)cc2)c1. The molecule has 0 saturated carbocycles. The first-order valence-electron chi connectivity index (χ1n) is 9.59. The molecule has 2 aromatic carbocycles. The van der Waals surface area contributed by atoms with Crippen LogP contribution in [0.3, 0.4) is 0 Å². The summed E-state index contributed by atoms with van der Waals surface area (Å²) in [5.41, 5.74) is 2.59. The smallest absolute Gasteiger partial charge is 0.337 e. The van der Waals surface area contributed by atoms with Gasteiger partial charge in [-0.2, -0.15) is 0 Å². The van der Waals surface area contributed by atoms with Crippen LogP contribution in [0.5, 0.6) is 0 Å². The summed E-state index contributed by atoms with van der Waals surface area (Å²) in [6.07, 6.45) is 2.39. The highest BCUT2D eigenvalue weighted by Crippen LogP contribution is 2.24. The Bertz CT molecular complexity index is 889. The molecule has 1 fully saturated rings. The maximum Gasteiger partial charge on any atom is 0.337 e. The fourth-order valence-electron chi connectivity index (χ4n) is 3.39. The second-order valence-corrected chi connectivity index (χ2v) is 6.94. The Hall–Kier alpha value is -3.35. The van der Waals surface area contributed by atoms with E-state index in [1.54, 1.807) is 18.2 Å². The number of esters is 1. The third-order valence-electron chi connectivity index (χ3n) is 4.88. The average Bonchev–Trinajstić information content (AvgIpc) is 3.26. The van der Waals surface area contributed by atoms with E-state index in [0.717, 1.165) is 18.8 Å². The van der Waals surface area contributed by atoms with Crippen molar-refractivity contribution in [2.45, 2.75) is 19.8 Å². The quantitative estimate of drug-likeness (QED) is 0.761. The number of hydrogen-bond acceptors (Lipinski definition) is 5. The second-order valence-electron chi connectivity index (χ2n) is 6.94. The molecule has 7 nitrogen and oxygen atoms in total. The lowest BCUT2D eigenvalue weighted by atomic mass is 10.2. The van der Waals surface area contributed by atoms with Crippen LogP contribution in [0.4, 0.5) is 17.1 Å². The molecule has 1 aliphatic rings. The lowest BCUT2D eigenvalue weighted by Gasteiger charge is -2.23. The van der Waals surface area contributed by atoms with E-state index >= 15 is 0 Å². The molecule has 0 aromatic heterocycles. The summed E-state index contributed by atoms with van der Waals surface area (Å²) in [7, 11) is 1.30. The summed E-state index contributed by atoms with van der Waals surface area (Å²) < 4.78 is 4.69. The molecule has 1 saturated heterocycles. The topological polar surface area (TPSA) is 79.0 Å². The first-order valence-corrected chi connectivity index (χ1v) is 9.59. The number of amides is 2. The molecular weight excluding hydrogens is 370 g/mol. The summed E-state index contributed by atoms with van der Waals surface area (Å²) in [6, 6.07) is 14.1. The molecular formula is C22H25N3O4. The molecule has 152 valence electrons. The zero-order valence-corrected chi connectivity index (χ0v) is 16.7. The molecule has 29 heavy (non-hydrogen) atoms. The zero-order valence-electron chi connectivity index (χ0n) is 16.7. The van der Waals surface area contributed by atoms with Crippen LogP contribution in [-0.2, 0) is 14.3 Å². The molecule has 0 radical (unpaired) electrons. The maximum absolute atomic E-state index is 12.5. The van der Waals surface area contributed by atoms with Crippen LogP contribution in [-0.4, -0.2) is 44.5 Å². The van der Waals surface area contributed by atoms with Crippen molar-refractivity contribution in [2.24, 2.45) is 0 Å². The number of nitrogens with zero attached hydrogens (tertiary/aromatic N) is 2. The number of anilines is 3. The van der Waals surface area contributed by atoms with Gasteiger partial charge in [0.15, 0.2) is 0 Å². The van der Waals surface area contributed by atoms with Crippen molar-refractivity contribution in [3.05, 3.63) is 54.1 Å². The molecule has 0 spiro atoms. The number of nitrogens with one attached hydrogen (secondary N) is 1. The van der Waals surface area contributed by atoms with Crippen LogP contribution in [0, 0.1) is 0 Å². The van der Waals surface area contributed by atoms with Gasteiger partial charge in [-0.05, 0) is 55.3 Å². The van der Waals surface area contributed by atoms with Crippen molar-refractivity contribution in [3.63, 3.8) is 0 Å². The van der Waals surface area contributed by atoms with Crippen LogP contribution in [0.15, 0.2) is 48.5 Å². The van der Waals surface area contributed by atoms with Crippen LogP contribution >= 0.6 is 0 Å². The van der Waals surface area contributed by atoms with E-state index < -0.39 is 5.97 Å². The van der Waals surface area contributed by atoms with Crippen LogP contribution in [0.25, 0.3) is 0 Å². The van der Waals surface area contributed by atoms with E-state index in [1.807, 2.05) is 24.3 Å². The van der Waals surface area contributed by atoms with Crippen molar-refractivity contribution >= 4 is 34.8 Å². The molecule has 2 aromatic rings. The van der Waals surface area contributed by atoms with Gasteiger partial charge in [0.1, 0.15) is 6.54 Å². The Morgan fingerprint density at radius 1 is 1.07 bits per heavy atom. The third kappa shape index (κ3) is 5.13. The second kappa shape index (κ2) is 9.23. The van der Waals surface area contributed by atoms with Gasteiger partial charge in [0, 0.05) is 37.1 Å². The molecule has 7 heteroatoms. The van der Waals surface area contributed by atoms with Gasteiger partial charge < -0.3 is 19.9 Å². The van der Waals surface area contributed by atoms with E-state index in [2.05, 4.69) is 15.0 Å². The van der Waals surface area contributed by atoms with E-state index in [4.69, 9.17) is 0 Å². The highest BCUT2D eigenvalue weighted by Gasteiger charge is 2.18. The molecule has 0 aliphatic carbocycles. The van der Waals surface area contributed by atoms with Gasteiger partial charge in [-0.15, -0.1) is 0 Å². The minimum atomic E-state index is -0.482. The van der Waals surface area contributed by atoms with E-state index in [1.165, 1.54) is 37.8 Å². The predicted octanol–water partition coefficient (Wildman–Crippen LogP) is 3.07. The highest BCUT2D eigenvalue weighted by molar-refractivity contribution is 6.02. The van der Waals surface area contributed by atoms with Crippen molar-refractivity contribution in [1.29, 1.82) is 0 Å². The van der Waals surface area contributed by atoms with E-state index in [-0.39, 0.29) is 18.4 Å². The monoisotopic (exact) mass is 395 g/mol. The minimum absolute atomic E-state index is 0.124. The summed E-state index contributed by atoms with van der Waals surface area (Å²) in [6.45, 7) is 3.39. The normalized spacial score (nSPS) is 13.1. The van der Waals surface area contributed by atoms with Gasteiger partial charge in [-0.25, -0.2) is 4.79 Å². The predicted molar refractivity (Wildman–Crippen MR) is 112 cm³/mol. The lowest BCUT2D eigenvalue weighted by molar-refractivity contribution is -0.120. The third-order valence-corrected chi connectivity index (χ3v) is 4.88. The highest BCUT2D eigenvalue weighted by atomic mass is 16.5. The van der Waals surface area contributed by atoms with Gasteiger partial charge in [0.2, 0.25) is 11.8 Å². The molecule has 3 rings (SSSR count). The van der Waals surface area contributed by atoms with Gasteiger partial charge >= 0.3 is 5.97 Å². The van der Waals surface area contributed by atoms with Crippen LogP contribution in [0.1, 0.15) is 30.1 Å². The Kier molecular flexibility index (Phi) is 6.49. The molecule has 0 atom stereocenters. The average molecular weight is 395 g/mol. The summed E-state index contributed by atoms with van der Waals surface area (Å²) in [5.74, 6) is -1.06. The Morgan fingerprint density at radius 2 is 1.76 bits per heavy atom. The number of rotatable bonds is 6. The standard InChI is InChI=1S/C22H25N3O4/c1-16(26)25(20-10-8-19(9-11-20)24-12-3-4-13-24)15-21(27)23-18-7-5-6-17(14-18)22(28)29-2/h5-11,14H,3-4,12-13,15H2,1-2H3,(H,23,27). The Morgan fingerprint density at radius 3 is 2.38 bits per heavy atom. The van der Waals surface area contributed by atoms with Gasteiger partial charge in [-0.3, -0.25) is 9.59 Å². The zero-order chi connectivity index (χ0) is 20.8. The largest absolute Gasteiger partial charge is 0.465 e. The van der Waals surface area contributed by atoms with Crippen molar-refractivity contribution in [3.8, 4) is 0 Å². The van der Waals surface area contributed by atoms with E-state index in [0.29, 0.717) is 16.9 Å². The molecule has 0 bridgehead atoms. The van der Waals surface area contributed by atoms with E-state index in [9.17, 15) is 14.4 Å². The number of hydrogen-bond donors (Lipinski definition) is 1. The number of ether oxygens (including phenoxy) is 1. The van der Waals surface area contributed by atoms with Crippen molar-refractivity contribution < 1.29 is 19.1 Å². The lowest BCUT2D eigenvalue weighted by Crippen LogP contribution is -2.36. The fraction of sp³-hybridized carbons (Fsp3) is 0.318. The maximum atomic E-state index is 12.5. The first-order chi connectivity index (χ1) is 14.0. The molecule has 1 aliphatic heterocycles. The number of carbonyl (C=O) groups is 3. The Labute approximate surface area is 170 Å². The number of methoxy groups -OCH3 is 1.